The standard InChI is InChI=1S/C18H24N2O2.C5H12O/c1-14-4-6-17(7-5-14)12-15(2)19-22-16(3)18-8-10-20(13-21)11-9-18;1-5(2,3)6-4/h4-7,13,18H,3,8-12H2,1-2H3;1-4H3/b19-15+;. The second-order valence-corrected chi connectivity index (χ2v) is 8.28. The molecule has 156 valence electrons. The van der Waals surface area contributed by atoms with Crippen molar-refractivity contribution in [3.63, 3.8) is 0 Å². The van der Waals surface area contributed by atoms with E-state index in [-0.39, 0.29) is 11.5 Å². The minimum atomic E-state index is 0.0417. The normalized spacial score (nSPS) is 15.5. The second kappa shape index (κ2) is 11.6. The highest BCUT2D eigenvalue weighted by atomic mass is 16.6. The van der Waals surface area contributed by atoms with Gasteiger partial charge in [-0.05, 0) is 53.0 Å². The third-order valence-corrected chi connectivity index (χ3v) is 4.65. The van der Waals surface area contributed by atoms with Crippen molar-refractivity contribution in [3.8, 4) is 0 Å². The number of amides is 1. The zero-order valence-electron chi connectivity index (χ0n) is 18.3. The van der Waals surface area contributed by atoms with E-state index >= 15 is 0 Å². The molecule has 1 amide bonds. The van der Waals surface area contributed by atoms with Crippen LogP contribution in [-0.2, 0) is 20.8 Å². The van der Waals surface area contributed by atoms with Gasteiger partial charge in [0.1, 0.15) is 5.76 Å². The lowest BCUT2D eigenvalue weighted by Crippen LogP contribution is -2.33. The van der Waals surface area contributed by atoms with Crippen LogP contribution in [0.25, 0.3) is 0 Å². The molecule has 0 aliphatic carbocycles. The third kappa shape index (κ3) is 9.70. The molecular weight excluding hydrogens is 352 g/mol. The van der Waals surface area contributed by atoms with Crippen LogP contribution >= 0.6 is 0 Å². The lowest BCUT2D eigenvalue weighted by Gasteiger charge is -2.29. The molecule has 1 saturated heterocycles. The number of likely N-dealkylation sites (tertiary alicyclic amines) is 1. The van der Waals surface area contributed by atoms with E-state index in [9.17, 15) is 4.79 Å². The first-order chi connectivity index (χ1) is 13.1. The number of carbonyl (C=O) groups is 1. The molecule has 0 unspecified atom stereocenters. The Morgan fingerprint density at radius 2 is 1.79 bits per heavy atom. The predicted octanol–water partition coefficient (Wildman–Crippen LogP) is 4.74. The highest BCUT2D eigenvalue weighted by molar-refractivity contribution is 5.83. The number of piperidine rings is 1. The zero-order chi connectivity index (χ0) is 21.2. The van der Waals surface area contributed by atoms with Crippen LogP contribution < -0.4 is 0 Å². The van der Waals surface area contributed by atoms with Gasteiger partial charge in [0, 0.05) is 32.5 Å². The van der Waals surface area contributed by atoms with Crippen LogP contribution in [0.5, 0.6) is 0 Å². The summed E-state index contributed by atoms with van der Waals surface area (Å²) in [5.41, 5.74) is 3.44. The van der Waals surface area contributed by atoms with Crippen molar-refractivity contribution in [1.29, 1.82) is 0 Å². The number of nitrogens with zero attached hydrogens (tertiary/aromatic N) is 2. The molecular formula is C23H36N2O3. The third-order valence-electron chi connectivity index (χ3n) is 4.65. The molecule has 0 spiro atoms. The molecule has 0 N–H and O–H groups in total. The molecule has 0 bridgehead atoms. The van der Waals surface area contributed by atoms with Gasteiger partial charge < -0.3 is 14.5 Å². The molecule has 1 aliphatic heterocycles. The number of rotatable bonds is 6. The van der Waals surface area contributed by atoms with Crippen molar-refractivity contribution >= 4 is 12.1 Å². The minimum Gasteiger partial charge on any atom is -0.379 e. The minimum absolute atomic E-state index is 0.0417. The van der Waals surface area contributed by atoms with E-state index < -0.39 is 0 Å². The maximum absolute atomic E-state index is 10.7. The predicted molar refractivity (Wildman–Crippen MR) is 115 cm³/mol. The number of methoxy groups -OCH3 is 1. The first-order valence-corrected chi connectivity index (χ1v) is 9.84. The monoisotopic (exact) mass is 388 g/mol. The largest absolute Gasteiger partial charge is 0.379 e. The Balaban J connectivity index is 0.000000568. The van der Waals surface area contributed by atoms with Crippen LogP contribution in [-0.4, -0.2) is 42.8 Å². The van der Waals surface area contributed by atoms with Crippen LogP contribution in [0.3, 0.4) is 0 Å². The Kier molecular flexibility index (Phi) is 9.94. The quantitative estimate of drug-likeness (QED) is 0.306. The maximum atomic E-state index is 10.7. The molecule has 1 fully saturated rings. The summed E-state index contributed by atoms with van der Waals surface area (Å²) in [5, 5.41) is 4.19. The summed E-state index contributed by atoms with van der Waals surface area (Å²) in [6.45, 7) is 15.6. The van der Waals surface area contributed by atoms with Crippen molar-refractivity contribution in [1.82, 2.24) is 4.90 Å². The van der Waals surface area contributed by atoms with Gasteiger partial charge in [0.15, 0.2) is 0 Å². The van der Waals surface area contributed by atoms with Crippen molar-refractivity contribution in [2.24, 2.45) is 11.1 Å². The smallest absolute Gasteiger partial charge is 0.209 e. The fourth-order valence-corrected chi connectivity index (χ4v) is 2.57. The number of hydrogen-bond donors (Lipinski definition) is 0. The molecule has 1 aliphatic rings. The van der Waals surface area contributed by atoms with E-state index in [4.69, 9.17) is 9.57 Å². The Labute approximate surface area is 170 Å². The highest BCUT2D eigenvalue weighted by Gasteiger charge is 2.21. The number of allylic oxidation sites excluding steroid dienone is 1. The molecule has 1 heterocycles. The van der Waals surface area contributed by atoms with Gasteiger partial charge in [0.05, 0.1) is 11.3 Å². The van der Waals surface area contributed by atoms with Gasteiger partial charge in [-0.3, -0.25) is 4.79 Å². The Bertz CT molecular complexity index is 637. The molecule has 1 aromatic carbocycles. The summed E-state index contributed by atoms with van der Waals surface area (Å²) >= 11 is 0. The molecule has 1 aromatic rings. The van der Waals surface area contributed by atoms with Gasteiger partial charge >= 0.3 is 0 Å². The summed E-state index contributed by atoms with van der Waals surface area (Å²) in [4.78, 5) is 18.0. The molecule has 5 heteroatoms. The molecule has 5 nitrogen and oxygen atoms in total. The van der Waals surface area contributed by atoms with Gasteiger partial charge in [0.2, 0.25) is 6.41 Å². The summed E-state index contributed by atoms with van der Waals surface area (Å²) in [5.74, 6) is 0.987. The topological polar surface area (TPSA) is 51.1 Å². The van der Waals surface area contributed by atoms with Crippen LogP contribution in [0, 0.1) is 12.8 Å². The molecule has 0 saturated carbocycles. The summed E-state index contributed by atoms with van der Waals surface area (Å²) < 4.78 is 4.94. The van der Waals surface area contributed by atoms with E-state index in [2.05, 4.69) is 42.9 Å². The van der Waals surface area contributed by atoms with Crippen LogP contribution in [0.4, 0.5) is 0 Å². The molecule has 2 rings (SSSR count). The van der Waals surface area contributed by atoms with E-state index in [0.717, 1.165) is 44.5 Å². The SMILES string of the molecule is C=C(O/N=C(\C)Cc1ccc(C)cc1)C1CCN(C=O)CC1.COC(C)(C)C. The molecule has 0 aromatic heterocycles. The van der Waals surface area contributed by atoms with Gasteiger partial charge in [-0.25, -0.2) is 0 Å². The molecule has 0 radical (unpaired) electrons. The summed E-state index contributed by atoms with van der Waals surface area (Å²) in [7, 11) is 1.71. The Morgan fingerprint density at radius 3 is 2.25 bits per heavy atom. The van der Waals surface area contributed by atoms with Gasteiger partial charge in [-0.15, -0.1) is 0 Å². The second-order valence-electron chi connectivity index (χ2n) is 8.28. The van der Waals surface area contributed by atoms with E-state index in [0.29, 0.717) is 5.76 Å². The van der Waals surface area contributed by atoms with E-state index in [1.54, 1.807) is 12.0 Å². The molecule has 0 atom stereocenters. The highest BCUT2D eigenvalue weighted by Crippen LogP contribution is 2.24. The number of aryl methyl sites for hydroxylation is 1. The average Bonchev–Trinajstić information content (AvgIpc) is 2.68. The lowest BCUT2D eigenvalue weighted by molar-refractivity contribution is -0.119. The Hall–Kier alpha value is -2.14. The first kappa shape index (κ1) is 23.9. The number of oxime groups is 1. The maximum Gasteiger partial charge on any atom is 0.209 e. The Morgan fingerprint density at radius 1 is 1.25 bits per heavy atom. The van der Waals surface area contributed by atoms with E-state index in [1.807, 2.05) is 27.7 Å². The summed E-state index contributed by atoms with van der Waals surface area (Å²) in [6, 6.07) is 8.42. The van der Waals surface area contributed by atoms with E-state index in [1.165, 1.54) is 11.1 Å². The van der Waals surface area contributed by atoms with Gasteiger partial charge in [0.25, 0.3) is 0 Å². The summed E-state index contributed by atoms with van der Waals surface area (Å²) in [6.07, 6.45) is 3.47. The fraction of sp³-hybridized carbons (Fsp3) is 0.565. The van der Waals surface area contributed by atoms with Gasteiger partial charge in [-0.1, -0.05) is 41.6 Å². The van der Waals surface area contributed by atoms with Crippen molar-refractivity contribution in [2.45, 2.75) is 59.5 Å². The number of hydrogen-bond acceptors (Lipinski definition) is 4. The molecule has 28 heavy (non-hydrogen) atoms. The van der Waals surface area contributed by atoms with Crippen molar-refractivity contribution in [2.75, 3.05) is 20.2 Å². The fourth-order valence-electron chi connectivity index (χ4n) is 2.57. The average molecular weight is 389 g/mol. The van der Waals surface area contributed by atoms with Crippen LogP contribution in [0.2, 0.25) is 0 Å². The van der Waals surface area contributed by atoms with Crippen molar-refractivity contribution < 1.29 is 14.4 Å². The zero-order valence-corrected chi connectivity index (χ0v) is 18.3. The number of benzene rings is 1. The first-order valence-electron chi connectivity index (χ1n) is 9.84. The number of ether oxygens (including phenoxy) is 1. The van der Waals surface area contributed by atoms with Crippen molar-refractivity contribution in [3.05, 3.63) is 47.7 Å². The van der Waals surface area contributed by atoms with Gasteiger partial charge in [-0.2, -0.15) is 0 Å². The van der Waals surface area contributed by atoms with Crippen LogP contribution in [0.15, 0.2) is 41.8 Å². The number of carbonyl (C=O) groups excluding carboxylic acids is 1. The lowest BCUT2D eigenvalue weighted by atomic mass is 9.96. The van der Waals surface area contributed by atoms with Crippen LogP contribution in [0.1, 0.15) is 51.7 Å².